The number of ketones is 1. The lowest BCUT2D eigenvalue weighted by Crippen LogP contribution is -2.31. The first-order valence-corrected chi connectivity index (χ1v) is 13.3. The maximum Gasteiger partial charge on any atom is 0.208 e. The lowest BCUT2D eigenvalue weighted by atomic mass is 9.96. The van der Waals surface area contributed by atoms with Crippen molar-refractivity contribution in [3.05, 3.63) is 28.3 Å². The third kappa shape index (κ3) is 6.30. The average Bonchev–Trinajstić information content (AvgIpc) is 2.96. The monoisotopic (exact) mass is 545 g/mol. The number of carbonyl (C=O) groups is 1. The number of fused-ring (bicyclic) bond motifs is 1. The summed E-state index contributed by atoms with van der Waals surface area (Å²) in [6, 6.07) is 2.06. The molecule has 2 aromatic carbocycles. The molecule has 9 nitrogen and oxygen atoms in total. The van der Waals surface area contributed by atoms with Gasteiger partial charge in [-0.1, -0.05) is 12.8 Å². The van der Waals surface area contributed by atoms with Crippen molar-refractivity contribution in [3.63, 3.8) is 0 Å². The maximum atomic E-state index is 13.3. The third-order valence-corrected chi connectivity index (χ3v) is 7.38. The predicted octanol–water partition coefficient (Wildman–Crippen LogP) is 5.25. The van der Waals surface area contributed by atoms with E-state index in [4.69, 9.17) is 33.2 Å². The molecule has 0 saturated carbocycles. The van der Waals surface area contributed by atoms with Gasteiger partial charge >= 0.3 is 0 Å². The van der Waals surface area contributed by atoms with E-state index in [2.05, 4.69) is 11.0 Å². The van der Waals surface area contributed by atoms with Crippen LogP contribution in [0, 0.1) is 6.92 Å². The zero-order chi connectivity index (χ0) is 28.5. The first-order chi connectivity index (χ1) is 18.9. The lowest BCUT2D eigenvalue weighted by molar-refractivity contribution is 0.0974. The van der Waals surface area contributed by atoms with Crippen LogP contribution in [0.1, 0.15) is 59.2 Å². The molecular formula is C30H43NO8. The summed E-state index contributed by atoms with van der Waals surface area (Å²) in [5.74, 6) is 3.78. The van der Waals surface area contributed by atoms with Gasteiger partial charge in [-0.3, -0.25) is 9.69 Å². The molecule has 0 aromatic heterocycles. The molecule has 0 saturated heterocycles. The van der Waals surface area contributed by atoms with Crippen LogP contribution < -0.4 is 33.2 Å². The van der Waals surface area contributed by atoms with Gasteiger partial charge < -0.3 is 33.2 Å². The Morgan fingerprint density at radius 3 is 1.90 bits per heavy atom. The van der Waals surface area contributed by atoms with E-state index in [9.17, 15) is 4.79 Å². The quantitative estimate of drug-likeness (QED) is 0.220. The molecule has 0 spiro atoms. The van der Waals surface area contributed by atoms with Crippen LogP contribution in [0.5, 0.6) is 40.2 Å². The summed E-state index contributed by atoms with van der Waals surface area (Å²) >= 11 is 0. The highest BCUT2D eigenvalue weighted by molar-refractivity contribution is 6.02. The Balaban J connectivity index is 1.55. The smallest absolute Gasteiger partial charge is 0.208 e. The van der Waals surface area contributed by atoms with Gasteiger partial charge in [-0.2, -0.15) is 0 Å². The van der Waals surface area contributed by atoms with E-state index in [1.165, 1.54) is 32.5 Å². The minimum absolute atomic E-state index is 0.00885. The van der Waals surface area contributed by atoms with Crippen molar-refractivity contribution in [2.24, 2.45) is 0 Å². The van der Waals surface area contributed by atoms with E-state index in [0.29, 0.717) is 52.0 Å². The number of methoxy groups -OCH3 is 7. The average molecular weight is 546 g/mol. The van der Waals surface area contributed by atoms with Crippen molar-refractivity contribution in [2.75, 3.05) is 62.9 Å². The molecule has 2 aromatic rings. The molecule has 39 heavy (non-hydrogen) atoms. The van der Waals surface area contributed by atoms with Crippen LogP contribution in [0.2, 0.25) is 0 Å². The molecule has 0 bridgehead atoms. The van der Waals surface area contributed by atoms with Gasteiger partial charge in [-0.15, -0.1) is 0 Å². The number of Topliss-reactive ketones (excluding diaryl/α,β-unsaturated/α-hetero) is 1. The number of hydrogen-bond donors (Lipinski definition) is 0. The Labute approximate surface area is 232 Å². The molecule has 9 heteroatoms. The minimum Gasteiger partial charge on any atom is -0.493 e. The Bertz CT molecular complexity index is 1150. The fourth-order valence-electron chi connectivity index (χ4n) is 5.48. The molecular weight excluding hydrogens is 502 g/mol. The summed E-state index contributed by atoms with van der Waals surface area (Å²) < 4.78 is 38.9. The molecule has 1 aliphatic heterocycles. The second-order valence-corrected chi connectivity index (χ2v) is 9.53. The van der Waals surface area contributed by atoms with Gasteiger partial charge in [-0.25, -0.2) is 0 Å². The van der Waals surface area contributed by atoms with E-state index in [-0.39, 0.29) is 5.78 Å². The van der Waals surface area contributed by atoms with Crippen molar-refractivity contribution in [3.8, 4) is 40.2 Å². The molecule has 0 aliphatic carbocycles. The zero-order valence-electron chi connectivity index (χ0n) is 24.7. The Hall–Kier alpha value is -3.33. The van der Waals surface area contributed by atoms with Crippen molar-refractivity contribution in [1.29, 1.82) is 0 Å². The highest BCUT2D eigenvalue weighted by Crippen LogP contribution is 2.49. The summed E-state index contributed by atoms with van der Waals surface area (Å²) in [4.78, 5) is 15.7. The van der Waals surface area contributed by atoms with Crippen LogP contribution in [0.15, 0.2) is 6.07 Å². The molecule has 3 rings (SSSR count). The molecule has 0 atom stereocenters. The summed E-state index contributed by atoms with van der Waals surface area (Å²) in [6.07, 6.45) is 5.23. The fourth-order valence-corrected chi connectivity index (χ4v) is 5.48. The van der Waals surface area contributed by atoms with Crippen LogP contribution in [0.4, 0.5) is 0 Å². The van der Waals surface area contributed by atoms with Crippen LogP contribution in [-0.4, -0.2) is 73.5 Å². The Morgan fingerprint density at radius 1 is 0.718 bits per heavy atom. The maximum absolute atomic E-state index is 13.3. The second-order valence-electron chi connectivity index (χ2n) is 9.53. The Kier molecular flexibility index (Phi) is 11.0. The molecule has 0 fully saturated rings. The molecule has 0 unspecified atom stereocenters. The minimum atomic E-state index is 0.00885. The summed E-state index contributed by atoms with van der Waals surface area (Å²) in [5.41, 5.74) is 3.59. The fraction of sp³-hybridized carbons (Fsp3) is 0.567. The second kappa shape index (κ2) is 14.2. The number of unbranched alkanes of at least 4 members (excludes halogenated alkanes) is 3. The van der Waals surface area contributed by atoms with Crippen LogP contribution in [-0.2, 0) is 13.0 Å². The number of ether oxygens (including phenoxy) is 7. The van der Waals surface area contributed by atoms with Gasteiger partial charge in [0.05, 0.1) is 55.3 Å². The van der Waals surface area contributed by atoms with Gasteiger partial charge in [-0.05, 0) is 44.4 Å². The standard InChI is InChI=1S/C30H43NO8/c1-19-24(28(37-6)30(39-8)29(38-7)25(19)34-3)22(32)13-11-9-10-12-15-31-16-14-21-20(18-31)17-23(33-2)27(36-5)26(21)35-4/h17H,9-16,18H2,1-8H3. The largest absolute Gasteiger partial charge is 0.493 e. The topological polar surface area (TPSA) is 84.9 Å². The van der Waals surface area contributed by atoms with Crippen LogP contribution in [0.3, 0.4) is 0 Å². The van der Waals surface area contributed by atoms with Gasteiger partial charge in [0.1, 0.15) is 0 Å². The van der Waals surface area contributed by atoms with E-state index in [1.54, 1.807) is 28.4 Å². The third-order valence-electron chi connectivity index (χ3n) is 7.38. The first-order valence-electron chi connectivity index (χ1n) is 13.3. The molecule has 0 radical (unpaired) electrons. The predicted molar refractivity (Wildman–Crippen MR) is 150 cm³/mol. The van der Waals surface area contributed by atoms with Gasteiger partial charge in [0.15, 0.2) is 28.8 Å². The normalized spacial score (nSPS) is 12.9. The van der Waals surface area contributed by atoms with Gasteiger partial charge in [0.2, 0.25) is 17.2 Å². The summed E-state index contributed by atoms with van der Waals surface area (Å²) in [5, 5.41) is 0. The van der Waals surface area contributed by atoms with Crippen molar-refractivity contribution < 1.29 is 38.0 Å². The van der Waals surface area contributed by atoms with E-state index >= 15 is 0 Å². The zero-order valence-corrected chi connectivity index (χ0v) is 24.7. The van der Waals surface area contributed by atoms with Crippen molar-refractivity contribution >= 4 is 5.78 Å². The van der Waals surface area contributed by atoms with E-state index in [0.717, 1.165) is 57.5 Å². The lowest BCUT2D eigenvalue weighted by Gasteiger charge is -2.30. The van der Waals surface area contributed by atoms with Crippen LogP contribution in [0.25, 0.3) is 0 Å². The number of rotatable bonds is 15. The molecule has 0 N–H and O–H groups in total. The van der Waals surface area contributed by atoms with Crippen molar-refractivity contribution in [1.82, 2.24) is 4.90 Å². The van der Waals surface area contributed by atoms with E-state index < -0.39 is 0 Å². The van der Waals surface area contributed by atoms with Crippen molar-refractivity contribution in [2.45, 2.75) is 52.0 Å². The van der Waals surface area contributed by atoms with Gasteiger partial charge in [0.25, 0.3) is 0 Å². The van der Waals surface area contributed by atoms with E-state index in [1.807, 2.05) is 6.92 Å². The molecule has 0 amide bonds. The number of hydrogen-bond acceptors (Lipinski definition) is 9. The summed E-state index contributed by atoms with van der Waals surface area (Å²) in [6.45, 7) is 4.67. The van der Waals surface area contributed by atoms with Gasteiger partial charge in [0, 0.05) is 30.6 Å². The Morgan fingerprint density at radius 2 is 1.31 bits per heavy atom. The molecule has 1 heterocycles. The number of carbonyl (C=O) groups excluding carboxylic acids is 1. The number of benzene rings is 2. The van der Waals surface area contributed by atoms with Crippen LogP contribution >= 0.6 is 0 Å². The first kappa shape index (κ1) is 30.2. The molecule has 216 valence electrons. The number of nitrogens with zero attached hydrogens (tertiary/aromatic N) is 1. The molecule has 1 aliphatic rings. The highest BCUT2D eigenvalue weighted by Gasteiger charge is 2.29. The highest BCUT2D eigenvalue weighted by atomic mass is 16.5. The SMILES string of the molecule is COc1cc2c(c(OC)c1OC)CCN(CCCCCCC(=O)c1c(C)c(OC)c(OC)c(OC)c1OC)C2. The summed E-state index contributed by atoms with van der Waals surface area (Å²) in [7, 11) is 11.1.